The Kier molecular flexibility index (Phi) is 4.99. The van der Waals surface area contributed by atoms with Gasteiger partial charge in [0.1, 0.15) is 5.75 Å². The van der Waals surface area contributed by atoms with Gasteiger partial charge in [-0.05, 0) is 60.7 Å². The van der Waals surface area contributed by atoms with E-state index >= 15 is 0 Å². The van der Waals surface area contributed by atoms with Crippen LogP contribution in [0, 0.1) is 5.41 Å². The van der Waals surface area contributed by atoms with Crippen molar-refractivity contribution in [1.82, 2.24) is 4.98 Å². The maximum Gasteiger partial charge on any atom is 0.232 e. The van der Waals surface area contributed by atoms with E-state index in [-0.39, 0.29) is 29.4 Å². The minimum absolute atomic E-state index is 0.0141. The summed E-state index contributed by atoms with van der Waals surface area (Å²) in [5.41, 5.74) is 3.20. The van der Waals surface area contributed by atoms with Crippen LogP contribution in [-0.4, -0.2) is 23.3 Å². The van der Waals surface area contributed by atoms with E-state index in [1.807, 2.05) is 43.3 Å². The van der Waals surface area contributed by atoms with E-state index in [4.69, 9.17) is 4.74 Å². The number of ether oxygens (including phenoxy) is 1. The number of nitrogens with zero attached hydrogens (tertiary/aromatic N) is 2. The maximum atomic E-state index is 13.3. The lowest BCUT2D eigenvalue weighted by Gasteiger charge is -2.43. The first kappa shape index (κ1) is 19.4. The predicted octanol–water partition coefficient (Wildman–Crippen LogP) is 4.64. The molecule has 1 aliphatic carbocycles. The van der Waals surface area contributed by atoms with Crippen LogP contribution in [0.1, 0.15) is 51.5 Å². The second kappa shape index (κ2) is 7.47. The van der Waals surface area contributed by atoms with E-state index in [2.05, 4.69) is 18.8 Å². The molecule has 1 aromatic heterocycles. The molecule has 0 radical (unpaired) electrons. The fourth-order valence-corrected chi connectivity index (χ4v) is 4.45. The fourth-order valence-electron chi connectivity index (χ4n) is 4.45. The number of aromatic nitrogens is 1. The van der Waals surface area contributed by atoms with Gasteiger partial charge in [-0.3, -0.25) is 19.5 Å². The van der Waals surface area contributed by atoms with Crippen LogP contribution in [0.25, 0.3) is 0 Å². The highest BCUT2D eigenvalue weighted by Crippen LogP contribution is 2.48. The number of hydrogen-bond donors (Lipinski definition) is 0. The molecule has 1 unspecified atom stereocenters. The smallest absolute Gasteiger partial charge is 0.232 e. The summed E-state index contributed by atoms with van der Waals surface area (Å²) in [6.45, 7) is 6.71. The number of pyridine rings is 1. The summed E-state index contributed by atoms with van der Waals surface area (Å²) in [6, 6.07) is 11.3. The molecule has 150 valence electrons. The first-order chi connectivity index (χ1) is 13.9. The Morgan fingerprint density at radius 1 is 1.07 bits per heavy atom. The van der Waals surface area contributed by atoms with E-state index in [9.17, 15) is 9.59 Å². The van der Waals surface area contributed by atoms with Crippen LogP contribution < -0.4 is 9.64 Å². The van der Waals surface area contributed by atoms with Crippen LogP contribution >= 0.6 is 0 Å². The van der Waals surface area contributed by atoms with E-state index in [0.717, 1.165) is 28.3 Å². The van der Waals surface area contributed by atoms with Crippen LogP contribution in [0.5, 0.6) is 5.75 Å². The van der Waals surface area contributed by atoms with Gasteiger partial charge in [-0.1, -0.05) is 13.8 Å². The van der Waals surface area contributed by atoms with Gasteiger partial charge < -0.3 is 4.74 Å². The van der Waals surface area contributed by atoms with Crippen LogP contribution in [0.4, 0.5) is 5.69 Å². The average Bonchev–Trinajstić information content (AvgIpc) is 2.68. The van der Waals surface area contributed by atoms with E-state index in [1.165, 1.54) is 0 Å². The molecular weight excluding hydrogens is 364 g/mol. The van der Waals surface area contributed by atoms with Gasteiger partial charge in [-0.2, -0.15) is 0 Å². The zero-order valence-electron chi connectivity index (χ0n) is 17.1. The third-order valence-electron chi connectivity index (χ3n) is 5.66. The summed E-state index contributed by atoms with van der Waals surface area (Å²) in [5.74, 6) is 0.717. The molecule has 2 heterocycles. The van der Waals surface area contributed by atoms with Gasteiger partial charge in [0.15, 0.2) is 5.78 Å². The van der Waals surface area contributed by atoms with Crippen LogP contribution in [0.15, 0.2) is 60.1 Å². The molecule has 0 spiro atoms. The molecule has 0 fully saturated rings. The van der Waals surface area contributed by atoms with Crippen LogP contribution in [0.2, 0.25) is 0 Å². The molecule has 5 nitrogen and oxygen atoms in total. The van der Waals surface area contributed by atoms with Gasteiger partial charge in [0, 0.05) is 48.1 Å². The number of allylic oxidation sites excluding steroid dienone is 2. The Morgan fingerprint density at radius 2 is 1.76 bits per heavy atom. The summed E-state index contributed by atoms with van der Waals surface area (Å²) in [4.78, 5) is 32.3. The lowest BCUT2D eigenvalue weighted by Crippen LogP contribution is -2.43. The zero-order chi connectivity index (χ0) is 20.6. The van der Waals surface area contributed by atoms with Crippen molar-refractivity contribution in [2.24, 2.45) is 5.41 Å². The highest BCUT2D eigenvalue weighted by Gasteiger charge is 2.44. The predicted molar refractivity (Wildman–Crippen MR) is 112 cm³/mol. The van der Waals surface area contributed by atoms with Crippen molar-refractivity contribution >= 4 is 17.4 Å². The zero-order valence-corrected chi connectivity index (χ0v) is 17.1. The fraction of sp³-hybridized carbons (Fsp3) is 0.375. The van der Waals surface area contributed by atoms with Crippen LogP contribution in [0.3, 0.4) is 0 Å². The molecular formula is C24H26N2O3. The molecule has 0 saturated carbocycles. The van der Waals surface area contributed by atoms with E-state index < -0.39 is 0 Å². The SMILES string of the molecule is CCOc1ccc(N2C(=O)CC(c3ccncc3)C3=C2CC(C)(C)CC3=O)cc1. The number of carbonyl (C=O) groups is 2. The molecule has 1 aromatic carbocycles. The van der Waals surface area contributed by atoms with E-state index in [1.54, 1.807) is 17.3 Å². The summed E-state index contributed by atoms with van der Waals surface area (Å²) < 4.78 is 5.53. The van der Waals surface area contributed by atoms with E-state index in [0.29, 0.717) is 19.4 Å². The molecule has 0 saturated heterocycles. The Morgan fingerprint density at radius 3 is 2.41 bits per heavy atom. The van der Waals surface area contributed by atoms with Gasteiger partial charge in [0.25, 0.3) is 0 Å². The molecule has 0 N–H and O–H groups in total. The highest BCUT2D eigenvalue weighted by atomic mass is 16.5. The quantitative estimate of drug-likeness (QED) is 0.763. The van der Waals surface area contributed by atoms with Gasteiger partial charge in [-0.25, -0.2) is 0 Å². The standard InChI is InChI=1S/C24H26N2O3/c1-4-29-18-7-5-17(6-8-18)26-20-14-24(2,3)15-21(27)23(20)19(13-22(26)28)16-9-11-25-12-10-16/h5-12,19H,4,13-15H2,1-3H3. The number of Topliss-reactive ketones (excluding diaryl/α,β-unsaturated/α-hetero) is 1. The molecule has 1 aliphatic heterocycles. The summed E-state index contributed by atoms with van der Waals surface area (Å²) in [7, 11) is 0. The summed E-state index contributed by atoms with van der Waals surface area (Å²) in [6.07, 6.45) is 4.90. The molecule has 29 heavy (non-hydrogen) atoms. The number of anilines is 1. The molecule has 4 rings (SSSR count). The monoisotopic (exact) mass is 390 g/mol. The Balaban J connectivity index is 1.83. The van der Waals surface area contributed by atoms with Crippen molar-refractivity contribution in [3.8, 4) is 5.75 Å². The molecule has 2 aliphatic rings. The normalized spacial score (nSPS) is 21.2. The number of carbonyl (C=O) groups excluding carboxylic acids is 2. The van der Waals surface area contributed by atoms with Gasteiger partial charge in [0.05, 0.1) is 6.61 Å². The number of benzene rings is 1. The average molecular weight is 390 g/mol. The largest absolute Gasteiger partial charge is 0.494 e. The maximum absolute atomic E-state index is 13.3. The first-order valence-electron chi connectivity index (χ1n) is 10.1. The topological polar surface area (TPSA) is 59.5 Å². The molecule has 0 bridgehead atoms. The number of ketones is 1. The first-order valence-corrected chi connectivity index (χ1v) is 10.1. The van der Waals surface area contributed by atoms with Crippen LogP contribution in [-0.2, 0) is 9.59 Å². The third-order valence-corrected chi connectivity index (χ3v) is 5.66. The Hall–Kier alpha value is -2.95. The van der Waals surface area contributed by atoms with Crippen molar-refractivity contribution in [3.05, 3.63) is 65.6 Å². The van der Waals surface area contributed by atoms with Crippen molar-refractivity contribution in [2.45, 2.75) is 46.0 Å². The minimum atomic E-state index is -0.206. The van der Waals surface area contributed by atoms with Gasteiger partial charge >= 0.3 is 0 Å². The third kappa shape index (κ3) is 3.69. The minimum Gasteiger partial charge on any atom is -0.494 e. The molecule has 2 aromatic rings. The number of amides is 1. The van der Waals surface area contributed by atoms with Crippen molar-refractivity contribution in [1.29, 1.82) is 0 Å². The molecule has 5 heteroatoms. The van der Waals surface area contributed by atoms with Gasteiger partial charge in [-0.15, -0.1) is 0 Å². The van der Waals surface area contributed by atoms with Crippen molar-refractivity contribution in [2.75, 3.05) is 11.5 Å². The highest BCUT2D eigenvalue weighted by molar-refractivity contribution is 6.07. The lowest BCUT2D eigenvalue weighted by atomic mass is 9.69. The second-order valence-corrected chi connectivity index (χ2v) is 8.49. The summed E-state index contributed by atoms with van der Waals surface area (Å²) >= 11 is 0. The number of rotatable bonds is 4. The molecule has 1 atom stereocenters. The number of hydrogen-bond acceptors (Lipinski definition) is 4. The summed E-state index contributed by atoms with van der Waals surface area (Å²) in [5, 5.41) is 0. The lowest BCUT2D eigenvalue weighted by molar-refractivity contribution is -0.121. The van der Waals surface area contributed by atoms with Crippen molar-refractivity contribution < 1.29 is 14.3 Å². The second-order valence-electron chi connectivity index (χ2n) is 8.49. The Bertz CT molecular complexity index is 961. The Labute approximate surface area is 171 Å². The van der Waals surface area contributed by atoms with Gasteiger partial charge in [0.2, 0.25) is 5.91 Å². The van der Waals surface area contributed by atoms with Crippen molar-refractivity contribution in [3.63, 3.8) is 0 Å². The molecule has 1 amide bonds.